The van der Waals surface area contributed by atoms with E-state index in [-0.39, 0.29) is 0 Å². The van der Waals surface area contributed by atoms with Crippen LogP contribution in [0.2, 0.25) is 0 Å². The van der Waals surface area contributed by atoms with Gasteiger partial charge in [0.05, 0.1) is 0 Å². The molecular weight excluding hydrogens is 511 g/mol. The molecule has 0 saturated heterocycles. The zero-order valence-corrected chi connectivity index (χ0v) is 20.2. The minimum Gasteiger partial charge on any atom is -0.0622 e. The Labute approximate surface area is 207 Å². The van der Waals surface area contributed by atoms with Crippen LogP contribution >= 0.6 is 22.6 Å². The topological polar surface area (TPSA) is 0 Å². The predicted octanol–water partition coefficient (Wildman–Crippen LogP) is 9.60. The molecule has 1 heteroatoms. The highest BCUT2D eigenvalue weighted by Crippen LogP contribution is 2.40. The summed E-state index contributed by atoms with van der Waals surface area (Å²) in [6.45, 7) is 0. The van der Waals surface area contributed by atoms with Crippen LogP contribution in [0, 0.1) is 3.57 Å². The Kier molecular flexibility index (Phi) is 5.20. The van der Waals surface area contributed by atoms with Gasteiger partial charge in [0.1, 0.15) is 0 Å². The molecular formula is C32H21I. The first-order valence-corrected chi connectivity index (χ1v) is 12.2. The zero-order chi connectivity index (χ0) is 22.2. The Hall–Kier alpha value is -3.43. The summed E-state index contributed by atoms with van der Waals surface area (Å²) in [7, 11) is 0. The molecule has 0 aliphatic rings. The lowest BCUT2D eigenvalue weighted by atomic mass is 9.90. The van der Waals surface area contributed by atoms with Crippen molar-refractivity contribution in [2.24, 2.45) is 0 Å². The highest BCUT2D eigenvalue weighted by Gasteiger charge is 2.15. The first-order valence-electron chi connectivity index (χ1n) is 11.1. The molecule has 0 aliphatic heterocycles. The second-order valence-corrected chi connectivity index (χ2v) is 9.38. The molecule has 0 unspecified atom stereocenters. The van der Waals surface area contributed by atoms with E-state index in [9.17, 15) is 0 Å². The van der Waals surface area contributed by atoms with Gasteiger partial charge in [-0.1, -0.05) is 115 Å². The van der Waals surface area contributed by atoms with Gasteiger partial charge in [-0.05, 0) is 89.6 Å². The van der Waals surface area contributed by atoms with E-state index in [1.807, 2.05) is 0 Å². The van der Waals surface area contributed by atoms with E-state index in [2.05, 4.69) is 150 Å². The summed E-state index contributed by atoms with van der Waals surface area (Å²) in [5, 5.41) is 5.16. The van der Waals surface area contributed by atoms with E-state index >= 15 is 0 Å². The average Bonchev–Trinajstić information content (AvgIpc) is 2.89. The van der Waals surface area contributed by atoms with Crippen molar-refractivity contribution in [1.82, 2.24) is 0 Å². The van der Waals surface area contributed by atoms with E-state index in [4.69, 9.17) is 0 Å². The van der Waals surface area contributed by atoms with Crippen LogP contribution in [-0.2, 0) is 0 Å². The lowest BCUT2D eigenvalue weighted by Crippen LogP contribution is -1.92. The van der Waals surface area contributed by atoms with E-state index < -0.39 is 0 Å². The summed E-state index contributed by atoms with van der Waals surface area (Å²) in [6, 6.07) is 46.0. The van der Waals surface area contributed by atoms with Crippen molar-refractivity contribution >= 4 is 44.1 Å². The maximum absolute atomic E-state index is 2.51. The van der Waals surface area contributed by atoms with Crippen molar-refractivity contribution in [3.05, 3.63) is 131 Å². The van der Waals surface area contributed by atoms with E-state index in [1.165, 1.54) is 58.5 Å². The Balaban J connectivity index is 1.66. The minimum absolute atomic E-state index is 1.24. The van der Waals surface area contributed by atoms with Crippen molar-refractivity contribution in [3.8, 4) is 33.4 Å². The SMILES string of the molecule is Ic1c(-c2ccccc2)cc(-c2cccc3c2ccc2ccccc23)cc1-c1ccccc1. The number of rotatable bonds is 3. The number of fused-ring (bicyclic) bond motifs is 3. The molecule has 0 nitrogen and oxygen atoms in total. The van der Waals surface area contributed by atoms with Crippen molar-refractivity contribution in [1.29, 1.82) is 0 Å². The molecule has 156 valence electrons. The van der Waals surface area contributed by atoms with Crippen LogP contribution in [0.5, 0.6) is 0 Å². The van der Waals surface area contributed by atoms with Crippen LogP contribution < -0.4 is 0 Å². The highest BCUT2D eigenvalue weighted by molar-refractivity contribution is 14.1. The molecule has 0 saturated carbocycles. The summed E-state index contributed by atoms with van der Waals surface area (Å²) in [6.07, 6.45) is 0. The summed E-state index contributed by atoms with van der Waals surface area (Å²) >= 11 is 2.51. The molecule has 0 aliphatic carbocycles. The smallest absolute Gasteiger partial charge is 0.0287 e. The summed E-state index contributed by atoms with van der Waals surface area (Å²) in [5.41, 5.74) is 7.53. The zero-order valence-electron chi connectivity index (χ0n) is 18.0. The fourth-order valence-electron chi connectivity index (χ4n) is 4.73. The Morgan fingerprint density at radius 3 is 1.61 bits per heavy atom. The molecule has 0 amide bonds. The van der Waals surface area contributed by atoms with Crippen molar-refractivity contribution in [2.75, 3.05) is 0 Å². The standard InChI is InChI=1S/C32H21I/c33-32-30(22-10-3-1-4-11-22)20-25(21-31(32)23-12-5-2-6-13-23)27-16-9-17-28-26-15-8-7-14-24(26)18-19-29(27)28/h1-21H. The first kappa shape index (κ1) is 20.2. The van der Waals surface area contributed by atoms with E-state index in [1.54, 1.807) is 0 Å². The number of benzene rings is 6. The molecule has 0 atom stereocenters. The van der Waals surface area contributed by atoms with Gasteiger partial charge in [0.15, 0.2) is 0 Å². The highest BCUT2D eigenvalue weighted by atomic mass is 127. The van der Waals surface area contributed by atoms with Gasteiger partial charge >= 0.3 is 0 Å². The van der Waals surface area contributed by atoms with Gasteiger partial charge in [0.2, 0.25) is 0 Å². The largest absolute Gasteiger partial charge is 0.0622 e. The second kappa shape index (κ2) is 8.49. The summed E-state index contributed by atoms with van der Waals surface area (Å²) in [5.74, 6) is 0. The molecule has 6 aromatic rings. The molecule has 0 spiro atoms. The van der Waals surface area contributed by atoms with Gasteiger partial charge in [-0.25, -0.2) is 0 Å². The fourth-order valence-corrected chi connectivity index (χ4v) is 5.66. The van der Waals surface area contributed by atoms with Gasteiger partial charge < -0.3 is 0 Å². The molecule has 0 bridgehead atoms. The Bertz CT molecular complexity index is 1540. The molecule has 0 fully saturated rings. The van der Waals surface area contributed by atoms with Crippen LogP contribution in [-0.4, -0.2) is 0 Å². The summed E-state index contributed by atoms with van der Waals surface area (Å²) in [4.78, 5) is 0. The summed E-state index contributed by atoms with van der Waals surface area (Å²) < 4.78 is 1.28. The molecule has 0 N–H and O–H groups in total. The van der Waals surface area contributed by atoms with Gasteiger partial charge in [-0.15, -0.1) is 0 Å². The third-order valence-corrected chi connectivity index (χ3v) is 7.50. The first-order chi connectivity index (χ1) is 16.3. The molecule has 0 heterocycles. The monoisotopic (exact) mass is 532 g/mol. The van der Waals surface area contributed by atoms with Gasteiger partial charge in [-0.3, -0.25) is 0 Å². The average molecular weight is 532 g/mol. The predicted molar refractivity (Wildman–Crippen MR) is 150 cm³/mol. The molecule has 0 aromatic heterocycles. The molecule has 6 rings (SSSR count). The van der Waals surface area contributed by atoms with Crippen molar-refractivity contribution in [2.45, 2.75) is 0 Å². The normalized spacial score (nSPS) is 11.2. The van der Waals surface area contributed by atoms with Gasteiger partial charge in [-0.2, -0.15) is 0 Å². The van der Waals surface area contributed by atoms with E-state index in [0.717, 1.165) is 0 Å². The van der Waals surface area contributed by atoms with Gasteiger partial charge in [0, 0.05) is 3.57 Å². The van der Waals surface area contributed by atoms with Crippen LogP contribution in [0.1, 0.15) is 0 Å². The fraction of sp³-hybridized carbons (Fsp3) is 0. The maximum Gasteiger partial charge on any atom is 0.0287 e. The number of hydrogen-bond donors (Lipinski definition) is 0. The quantitative estimate of drug-likeness (QED) is 0.157. The second-order valence-electron chi connectivity index (χ2n) is 8.30. The van der Waals surface area contributed by atoms with Crippen LogP contribution in [0.4, 0.5) is 0 Å². The van der Waals surface area contributed by atoms with Crippen LogP contribution in [0.15, 0.2) is 127 Å². The van der Waals surface area contributed by atoms with Gasteiger partial charge in [0.25, 0.3) is 0 Å². The molecule has 0 radical (unpaired) electrons. The Morgan fingerprint density at radius 1 is 0.364 bits per heavy atom. The Morgan fingerprint density at radius 2 is 0.939 bits per heavy atom. The number of hydrogen-bond acceptors (Lipinski definition) is 0. The minimum atomic E-state index is 1.24. The van der Waals surface area contributed by atoms with E-state index in [0.29, 0.717) is 0 Å². The molecule has 33 heavy (non-hydrogen) atoms. The third kappa shape index (κ3) is 3.63. The number of halogens is 1. The lowest BCUT2D eigenvalue weighted by molar-refractivity contribution is 1.54. The van der Waals surface area contributed by atoms with Crippen LogP contribution in [0.25, 0.3) is 54.9 Å². The molecule has 6 aromatic carbocycles. The van der Waals surface area contributed by atoms with Crippen molar-refractivity contribution in [3.63, 3.8) is 0 Å². The third-order valence-electron chi connectivity index (χ3n) is 6.34. The lowest BCUT2D eigenvalue weighted by Gasteiger charge is -2.16. The van der Waals surface area contributed by atoms with Crippen LogP contribution in [0.3, 0.4) is 0 Å². The van der Waals surface area contributed by atoms with Crippen molar-refractivity contribution < 1.29 is 0 Å². The maximum atomic E-state index is 2.51.